The first-order valence-electron chi connectivity index (χ1n) is 6.73. The predicted octanol–water partition coefficient (Wildman–Crippen LogP) is 2.38. The van der Waals surface area contributed by atoms with E-state index in [4.69, 9.17) is 5.73 Å². The summed E-state index contributed by atoms with van der Waals surface area (Å²) >= 11 is 0. The molecule has 0 saturated heterocycles. The Bertz CT molecular complexity index is 189. The molecule has 0 heterocycles. The predicted molar refractivity (Wildman–Crippen MR) is 64.8 cm³/mol. The van der Waals surface area contributed by atoms with E-state index in [9.17, 15) is 0 Å². The summed E-state index contributed by atoms with van der Waals surface area (Å²) in [6, 6.07) is 1.10. The van der Waals surface area contributed by atoms with Crippen molar-refractivity contribution in [1.82, 2.24) is 4.90 Å². The molecule has 2 unspecified atom stereocenters. The van der Waals surface area contributed by atoms with Crippen molar-refractivity contribution in [2.75, 3.05) is 13.6 Å². The van der Waals surface area contributed by atoms with Crippen LogP contribution in [0.5, 0.6) is 0 Å². The number of nitrogens with two attached hydrogens (primary N) is 1. The summed E-state index contributed by atoms with van der Waals surface area (Å²) < 4.78 is 0. The zero-order valence-corrected chi connectivity index (χ0v) is 10.1. The number of nitrogens with zero attached hydrogens (tertiary/aromatic N) is 1. The maximum absolute atomic E-state index is 6.19. The average molecular weight is 210 g/mol. The summed E-state index contributed by atoms with van der Waals surface area (Å²) in [5, 5.41) is 0. The first-order valence-corrected chi connectivity index (χ1v) is 6.73. The SMILES string of the molecule is CN(CCC1CCC1)C1CCCCC1N. The van der Waals surface area contributed by atoms with Crippen LogP contribution in [-0.4, -0.2) is 30.6 Å². The molecule has 0 aliphatic heterocycles. The lowest BCUT2D eigenvalue weighted by Crippen LogP contribution is -2.48. The van der Waals surface area contributed by atoms with Crippen molar-refractivity contribution in [2.24, 2.45) is 11.7 Å². The maximum atomic E-state index is 6.19. The van der Waals surface area contributed by atoms with Gasteiger partial charge < -0.3 is 10.6 Å². The third kappa shape index (κ3) is 2.94. The molecule has 2 fully saturated rings. The Hall–Kier alpha value is -0.0800. The van der Waals surface area contributed by atoms with Crippen LogP contribution in [0.1, 0.15) is 51.4 Å². The molecule has 0 radical (unpaired) electrons. The fraction of sp³-hybridized carbons (Fsp3) is 1.00. The molecule has 0 spiro atoms. The van der Waals surface area contributed by atoms with Crippen LogP contribution in [0.4, 0.5) is 0 Å². The molecule has 2 N–H and O–H groups in total. The number of likely N-dealkylation sites (N-methyl/N-ethyl adjacent to an activating group) is 1. The molecule has 2 aliphatic carbocycles. The van der Waals surface area contributed by atoms with E-state index in [1.54, 1.807) is 0 Å². The van der Waals surface area contributed by atoms with E-state index >= 15 is 0 Å². The van der Waals surface area contributed by atoms with E-state index in [-0.39, 0.29) is 0 Å². The van der Waals surface area contributed by atoms with Gasteiger partial charge in [0.1, 0.15) is 0 Å². The van der Waals surface area contributed by atoms with Gasteiger partial charge in [-0.05, 0) is 38.8 Å². The molecule has 0 aromatic carbocycles. The van der Waals surface area contributed by atoms with Crippen molar-refractivity contribution in [3.63, 3.8) is 0 Å². The molecule has 2 saturated carbocycles. The molecule has 0 amide bonds. The maximum Gasteiger partial charge on any atom is 0.0244 e. The van der Waals surface area contributed by atoms with Crippen LogP contribution in [0, 0.1) is 5.92 Å². The number of hydrogen-bond acceptors (Lipinski definition) is 2. The fourth-order valence-electron chi connectivity index (χ4n) is 3.02. The average Bonchev–Trinajstić information content (AvgIpc) is 2.16. The molecule has 2 aliphatic rings. The molecular formula is C13H26N2. The van der Waals surface area contributed by atoms with Gasteiger partial charge in [-0.1, -0.05) is 32.1 Å². The van der Waals surface area contributed by atoms with Gasteiger partial charge in [-0.15, -0.1) is 0 Å². The van der Waals surface area contributed by atoms with Crippen LogP contribution in [0.15, 0.2) is 0 Å². The zero-order valence-electron chi connectivity index (χ0n) is 10.1. The van der Waals surface area contributed by atoms with Crippen molar-refractivity contribution >= 4 is 0 Å². The van der Waals surface area contributed by atoms with E-state index in [0.717, 1.165) is 5.92 Å². The van der Waals surface area contributed by atoms with E-state index in [1.165, 1.54) is 57.9 Å². The van der Waals surface area contributed by atoms with E-state index < -0.39 is 0 Å². The van der Waals surface area contributed by atoms with Crippen LogP contribution in [0.2, 0.25) is 0 Å². The van der Waals surface area contributed by atoms with Crippen LogP contribution < -0.4 is 5.73 Å². The largest absolute Gasteiger partial charge is 0.326 e. The highest BCUT2D eigenvalue weighted by Gasteiger charge is 2.26. The monoisotopic (exact) mass is 210 g/mol. The van der Waals surface area contributed by atoms with Gasteiger partial charge in [0.05, 0.1) is 0 Å². The lowest BCUT2D eigenvalue weighted by atomic mass is 9.82. The van der Waals surface area contributed by atoms with E-state index in [2.05, 4.69) is 11.9 Å². The van der Waals surface area contributed by atoms with Gasteiger partial charge in [-0.2, -0.15) is 0 Å². The minimum atomic E-state index is 0.435. The molecule has 0 bridgehead atoms. The summed E-state index contributed by atoms with van der Waals surface area (Å²) in [6.07, 6.45) is 11.1. The summed E-state index contributed by atoms with van der Waals surface area (Å²) in [7, 11) is 2.27. The van der Waals surface area contributed by atoms with Crippen LogP contribution >= 0.6 is 0 Å². The van der Waals surface area contributed by atoms with Gasteiger partial charge in [-0.3, -0.25) is 0 Å². The zero-order chi connectivity index (χ0) is 10.7. The van der Waals surface area contributed by atoms with Gasteiger partial charge in [0.25, 0.3) is 0 Å². The van der Waals surface area contributed by atoms with E-state index in [0.29, 0.717) is 12.1 Å². The molecule has 88 valence electrons. The smallest absolute Gasteiger partial charge is 0.0244 e. The summed E-state index contributed by atoms with van der Waals surface area (Å²) in [5.74, 6) is 1.03. The Balaban J connectivity index is 1.70. The molecule has 2 heteroatoms. The quantitative estimate of drug-likeness (QED) is 0.772. The molecule has 15 heavy (non-hydrogen) atoms. The van der Waals surface area contributed by atoms with Crippen molar-refractivity contribution in [3.8, 4) is 0 Å². The third-order valence-electron chi connectivity index (χ3n) is 4.46. The first-order chi connectivity index (χ1) is 7.27. The minimum Gasteiger partial charge on any atom is -0.326 e. The number of hydrogen-bond donors (Lipinski definition) is 1. The second kappa shape index (κ2) is 5.31. The Morgan fingerprint density at radius 3 is 2.40 bits per heavy atom. The van der Waals surface area contributed by atoms with Crippen LogP contribution in [0.25, 0.3) is 0 Å². The molecule has 0 aromatic rings. The summed E-state index contributed by atoms with van der Waals surface area (Å²) in [6.45, 7) is 1.27. The molecule has 2 atom stereocenters. The molecular weight excluding hydrogens is 184 g/mol. The Morgan fingerprint density at radius 2 is 1.80 bits per heavy atom. The summed E-state index contributed by atoms with van der Waals surface area (Å²) in [5.41, 5.74) is 6.19. The second-order valence-electron chi connectivity index (χ2n) is 5.58. The summed E-state index contributed by atoms with van der Waals surface area (Å²) in [4.78, 5) is 2.53. The topological polar surface area (TPSA) is 29.3 Å². The van der Waals surface area contributed by atoms with Gasteiger partial charge in [0.15, 0.2) is 0 Å². The molecule has 0 aromatic heterocycles. The van der Waals surface area contributed by atoms with Crippen LogP contribution in [0.3, 0.4) is 0 Å². The van der Waals surface area contributed by atoms with Gasteiger partial charge in [-0.25, -0.2) is 0 Å². The number of rotatable bonds is 4. The Kier molecular flexibility index (Phi) is 4.04. The van der Waals surface area contributed by atoms with Crippen molar-refractivity contribution in [3.05, 3.63) is 0 Å². The van der Waals surface area contributed by atoms with E-state index in [1.807, 2.05) is 0 Å². The molecule has 2 rings (SSSR count). The Labute approximate surface area is 94.2 Å². The second-order valence-corrected chi connectivity index (χ2v) is 5.58. The highest BCUT2D eigenvalue weighted by Crippen LogP contribution is 2.30. The molecule has 2 nitrogen and oxygen atoms in total. The van der Waals surface area contributed by atoms with Crippen molar-refractivity contribution in [2.45, 2.75) is 63.5 Å². The first kappa shape index (κ1) is 11.4. The lowest BCUT2D eigenvalue weighted by molar-refractivity contribution is 0.148. The fourth-order valence-corrected chi connectivity index (χ4v) is 3.02. The lowest BCUT2D eigenvalue weighted by Gasteiger charge is -2.37. The standard InChI is InChI=1S/C13H26N2/c1-15(10-9-11-5-4-6-11)13-8-3-2-7-12(13)14/h11-13H,2-10,14H2,1H3. The highest BCUT2D eigenvalue weighted by atomic mass is 15.1. The normalized spacial score (nSPS) is 33.0. The third-order valence-corrected chi connectivity index (χ3v) is 4.46. The van der Waals surface area contributed by atoms with Gasteiger partial charge in [0.2, 0.25) is 0 Å². The van der Waals surface area contributed by atoms with Crippen LogP contribution in [-0.2, 0) is 0 Å². The highest BCUT2D eigenvalue weighted by molar-refractivity contribution is 4.85. The Morgan fingerprint density at radius 1 is 1.07 bits per heavy atom. The van der Waals surface area contributed by atoms with Gasteiger partial charge >= 0.3 is 0 Å². The minimum absolute atomic E-state index is 0.435. The van der Waals surface area contributed by atoms with Gasteiger partial charge in [0, 0.05) is 12.1 Å². The van der Waals surface area contributed by atoms with Crippen molar-refractivity contribution < 1.29 is 0 Å². The van der Waals surface area contributed by atoms with Crippen molar-refractivity contribution in [1.29, 1.82) is 0 Å².